The molecule has 0 saturated heterocycles. The van der Waals surface area contributed by atoms with Gasteiger partial charge in [-0.25, -0.2) is 4.39 Å². The quantitative estimate of drug-likeness (QED) is 0.738. The summed E-state index contributed by atoms with van der Waals surface area (Å²) >= 11 is 8.91. The zero-order chi connectivity index (χ0) is 12.3. The molecule has 2 rings (SSSR count). The van der Waals surface area contributed by atoms with Crippen molar-refractivity contribution in [2.24, 2.45) is 0 Å². The van der Waals surface area contributed by atoms with Gasteiger partial charge in [-0.3, -0.25) is 0 Å². The number of halogens is 3. The first kappa shape index (κ1) is 12.4. The second-order valence-electron chi connectivity index (χ2n) is 3.47. The molecule has 88 valence electrons. The molecule has 4 heteroatoms. The van der Waals surface area contributed by atoms with Gasteiger partial charge in [0.05, 0.1) is 4.47 Å². The average molecular weight is 316 g/mol. The van der Waals surface area contributed by atoms with Crippen molar-refractivity contribution in [2.45, 2.75) is 6.61 Å². The third kappa shape index (κ3) is 3.20. The molecule has 0 amide bonds. The molecule has 0 aromatic heterocycles. The van der Waals surface area contributed by atoms with Gasteiger partial charge >= 0.3 is 0 Å². The fourth-order valence-corrected chi connectivity index (χ4v) is 2.15. The van der Waals surface area contributed by atoms with Crippen LogP contribution in [0, 0.1) is 5.82 Å². The van der Waals surface area contributed by atoms with Gasteiger partial charge in [-0.2, -0.15) is 0 Å². The maximum Gasteiger partial charge on any atom is 0.179 e. The second-order valence-corrected chi connectivity index (χ2v) is 4.76. The van der Waals surface area contributed by atoms with Crippen LogP contribution in [0.25, 0.3) is 0 Å². The largest absolute Gasteiger partial charge is 0.486 e. The Morgan fingerprint density at radius 1 is 1.18 bits per heavy atom. The summed E-state index contributed by atoms with van der Waals surface area (Å²) in [6, 6.07) is 12.5. The third-order valence-electron chi connectivity index (χ3n) is 2.20. The average Bonchev–Trinajstić information content (AvgIpc) is 2.33. The van der Waals surface area contributed by atoms with Crippen LogP contribution in [0.2, 0.25) is 5.02 Å². The molecule has 0 unspecified atom stereocenters. The number of rotatable bonds is 3. The van der Waals surface area contributed by atoms with Gasteiger partial charge in [-0.1, -0.05) is 41.9 Å². The number of hydrogen-bond donors (Lipinski definition) is 0. The van der Waals surface area contributed by atoms with Crippen molar-refractivity contribution in [3.8, 4) is 5.75 Å². The number of benzene rings is 2. The molecule has 0 aliphatic carbocycles. The molecule has 0 N–H and O–H groups in total. The Kier molecular flexibility index (Phi) is 4.02. The highest BCUT2D eigenvalue weighted by molar-refractivity contribution is 9.10. The zero-order valence-electron chi connectivity index (χ0n) is 8.79. The molecular weight excluding hydrogens is 306 g/mol. The lowest BCUT2D eigenvalue weighted by atomic mass is 10.2. The molecule has 2 aromatic carbocycles. The first-order valence-corrected chi connectivity index (χ1v) is 6.15. The molecule has 0 radical (unpaired) electrons. The number of hydrogen-bond acceptors (Lipinski definition) is 1. The lowest BCUT2D eigenvalue weighted by Gasteiger charge is -2.08. The molecule has 0 bridgehead atoms. The van der Waals surface area contributed by atoms with Gasteiger partial charge in [0.15, 0.2) is 11.6 Å². The van der Waals surface area contributed by atoms with E-state index >= 15 is 0 Å². The molecule has 0 spiro atoms. The Balaban J connectivity index is 2.14. The van der Waals surface area contributed by atoms with E-state index in [0.29, 0.717) is 16.1 Å². The van der Waals surface area contributed by atoms with E-state index in [1.54, 1.807) is 0 Å². The summed E-state index contributed by atoms with van der Waals surface area (Å²) < 4.78 is 19.3. The van der Waals surface area contributed by atoms with Gasteiger partial charge in [0.2, 0.25) is 0 Å². The summed E-state index contributed by atoms with van der Waals surface area (Å²) in [6.07, 6.45) is 0. The van der Waals surface area contributed by atoms with Crippen molar-refractivity contribution < 1.29 is 9.13 Å². The van der Waals surface area contributed by atoms with Crippen LogP contribution in [0.4, 0.5) is 4.39 Å². The van der Waals surface area contributed by atoms with Crippen LogP contribution in [0.3, 0.4) is 0 Å². The topological polar surface area (TPSA) is 9.23 Å². The van der Waals surface area contributed by atoms with Crippen LogP contribution in [0.1, 0.15) is 5.56 Å². The molecule has 0 fully saturated rings. The van der Waals surface area contributed by atoms with E-state index in [0.717, 1.165) is 5.56 Å². The van der Waals surface area contributed by atoms with Crippen molar-refractivity contribution in [1.29, 1.82) is 0 Å². The van der Waals surface area contributed by atoms with Crippen molar-refractivity contribution in [1.82, 2.24) is 0 Å². The monoisotopic (exact) mass is 314 g/mol. The first-order chi connectivity index (χ1) is 8.16. The van der Waals surface area contributed by atoms with E-state index < -0.39 is 5.82 Å². The first-order valence-electron chi connectivity index (χ1n) is 4.98. The van der Waals surface area contributed by atoms with Crippen LogP contribution in [0.5, 0.6) is 5.75 Å². The lowest BCUT2D eigenvalue weighted by Crippen LogP contribution is -1.97. The zero-order valence-corrected chi connectivity index (χ0v) is 11.1. The van der Waals surface area contributed by atoms with Gasteiger partial charge in [-0.05, 0) is 27.6 Å². The summed E-state index contributed by atoms with van der Waals surface area (Å²) in [5.74, 6) is -0.293. The normalized spacial score (nSPS) is 10.3. The summed E-state index contributed by atoms with van der Waals surface area (Å²) in [6.45, 7) is 0.310. The van der Waals surface area contributed by atoms with E-state index in [1.165, 1.54) is 12.1 Å². The molecule has 0 saturated carbocycles. The number of ether oxygens (including phenoxy) is 1. The summed E-state index contributed by atoms with van der Waals surface area (Å²) in [4.78, 5) is 0. The smallest absolute Gasteiger partial charge is 0.179 e. The minimum atomic E-state index is -0.440. The van der Waals surface area contributed by atoms with Crippen LogP contribution >= 0.6 is 27.5 Å². The molecule has 0 aliphatic rings. The minimum absolute atomic E-state index is 0.147. The highest BCUT2D eigenvalue weighted by Gasteiger charge is 2.09. The van der Waals surface area contributed by atoms with E-state index in [9.17, 15) is 4.39 Å². The Bertz CT molecular complexity index is 516. The van der Waals surface area contributed by atoms with E-state index in [4.69, 9.17) is 16.3 Å². The van der Waals surface area contributed by atoms with Crippen LogP contribution in [0.15, 0.2) is 46.9 Å². The predicted octanol–water partition coefficient (Wildman–Crippen LogP) is 4.82. The molecule has 2 aromatic rings. The van der Waals surface area contributed by atoms with Crippen LogP contribution in [-0.2, 0) is 6.61 Å². The van der Waals surface area contributed by atoms with Gasteiger partial charge in [0.1, 0.15) is 6.61 Å². The Morgan fingerprint density at radius 2 is 1.88 bits per heavy atom. The third-order valence-corrected chi connectivity index (χ3v) is 2.99. The Hall–Kier alpha value is -1.06. The van der Waals surface area contributed by atoms with Gasteiger partial charge < -0.3 is 4.74 Å². The fourth-order valence-electron chi connectivity index (χ4n) is 1.37. The summed E-state index contributed by atoms with van der Waals surface area (Å²) in [5, 5.41) is 0.432. The molecule has 0 heterocycles. The summed E-state index contributed by atoms with van der Waals surface area (Å²) in [7, 11) is 0. The summed E-state index contributed by atoms with van der Waals surface area (Å²) in [5.41, 5.74) is 0.975. The molecule has 0 aliphatic heterocycles. The van der Waals surface area contributed by atoms with E-state index in [-0.39, 0.29) is 5.75 Å². The van der Waals surface area contributed by atoms with Gasteiger partial charge in [0, 0.05) is 11.1 Å². The Morgan fingerprint density at radius 3 is 2.59 bits per heavy atom. The standard InChI is InChI=1S/C13H9BrClFO/c14-11-6-10(15)7-12(13(11)16)17-8-9-4-2-1-3-5-9/h1-7H,8H2. The predicted molar refractivity (Wildman–Crippen MR) is 69.9 cm³/mol. The van der Waals surface area contributed by atoms with Crippen molar-refractivity contribution in [3.63, 3.8) is 0 Å². The lowest BCUT2D eigenvalue weighted by molar-refractivity contribution is 0.289. The van der Waals surface area contributed by atoms with Crippen molar-refractivity contribution in [2.75, 3.05) is 0 Å². The van der Waals surface area contributed by atoms with Gasteiger partial charge in [-0.15, -0.1) is 0 Å². The van der Waals surface area contributed by atoms with Crippen LogP contribution < -0.4 is 4.74 Å². The van der Waals surface area contributed by atoms with E-state index in [2.05, 4.69) is 15.9 Å². The maximum absolute atomic E-state index is 13.7. The maximum atomic E-state index is 13.7. The van der Waals surface area contributed by atoms with Crippen LogP contribution in [-0.4, -0.2) is 0 Å². The Labute approximate surface area is 112 Å². The molecule has 1 nitrogen and oxygen atoms in total. The highest BCUT2D eigenvalue weighted by atomic mass is 79.9. The van der Waals surface area contributed by atoms with Crippen molar-refractivity contribution in [3.05, 3.63) is 63.3 Å². The minimum Gasteiger partial charge on any atom is -0.486 e. The fraction of sp³-hybridized carbons (Fsp3) is 0.0769. The molecule has 0 atom stereocenters. The van der Waals surface area contributed by atoms with Gasteiger partial charge in [0.25, 0.3) is 0 Å². The second kappa shape index (κ2) is 5.52. The van der Waals surface area contributed by atoms with Crippen molar-refractivity contribution >= 4 is 27.5 Å². The van der Waals surface area contributed by atoms with E-state index in [1.807, 2.05) is 30.3 Å². The molecular formula is C13H9BrClFO. The highest BCUT2D eigenvalue weighted by Crippen LogP contribution is 2.29. The SMILES string of the molecule is Fc1c(Br)cc(Cl)cc1OCc1ccccc1. The molecule has 17 heavy (non-hydrogen) atoms.